The van der Waals surface area contributed by atoms with E-state index < -0.39 is 17.4 Å². The number of rotatable bonds is 2. The molecule has 0 radical (unpaired) electrons. The van der Waals surface area contributed by atoms with Crippen molar-refractivity contribution in [3.8, 4) is 0 Å². The lowest BCUT2D eigenvalue weighted by atomic mass is 9.75. The van der Waals surface area contributed by atoms with E-state index in [2.05, 4.69) is 4.90 Å². The Morgan fingerprint density at radius 3 is 2.53 bits per heavy atom. The standard InChI is InChI=1S/C26H27N3O3/c1-4-27-19-9-6-5-8-17(19)26(25(27)32)22-21(20-10-7-13-28(20)26)23(30)29(24(22)31)18-12-11-15(2)14-16(18)3/h5-6,8-9,11-12,14,20-22H,4,7,10,13H2,1-3H3/t20-,21-,22+,26+/m1/s1. The molecule has 6 rings (SSSR count). The highest BCUT2D eigenvalue weighted by molar-refractivity contribution is 6.26. The van der Waals surface area contributed by atoms with Crippen LogP contribution in [0.4, 0.5) is 11.4 Å². The Bertz CT molecular complexity index is 1190. The third kappa shape index (κ3) is 2.11. The molecule has 0 unspecified atom stereocenters. The Kier molecular flexibility index (Phi) is 4.01. The van der Waals surface area contributed by atoms with Crippen LogP contribution >= 0.6 is 0 Å². The van der Waals surface area contributed by atoms with Crippen molar-refractivity contribution in [2.45, 2.75) is 45.2 Å². The highest BCUT2D eigenvalue weighted by atomic mass is 16.2. The van der Waals surface area contributed by atoms with E-state index >= 15 is 0 Å². The fourth-order valence-electron chi connectivity index (χ4n) is 6.95. The highest BCUT2D eigenvalue weighted by Gasteiger charge is 2.75. The second-order valence-corrected chi connectivity index (χ2v) is 9.54. The number of carbonyl (C=O) groups excluding carboxylic acids is 3. The lowest BCUT2D eigenvalue weighted by Crippen LogP contribution is -2.56. The van der Waals surface area contributed by atoms with E-state index in [-0.39, 0.29) is 23.8 Å². The van der Waals surface area contributed by atoms with E-state index in [0.717, 1.165) is 41.8 Å². The first kappa shape index (κ1) is 19.7. The molecule has 4 aliphatic rings. The van der Waals surface area contributed by atoms with E-state index in [0.29, 0.717) is 12.2 Å². The largest absolute Gasteiger partial charge is 0.310 e. The Labute approximate surface area is 187 Å². The monoisotopic (exact) mass is 429 g/mol. The van der Waals surface area contributed by atoms with Crippen LogP contribution in [-0.4, -0.2) is 41.8 Å². The van der Waals surface area contributed by atoms with Gasteiger partial charge in [-0.2, -0.15) is 0 Å². The van der Waals surface area contributed by atoms with Gasteiger partial charge in [-0.05, 0) is 57.9 Å². The molecule has 3 saturated heterocycles. The number of imide groups is 1. The van der Waals surface area contributed by atoms with Crippen molar-refractivity contribution in [3.63, 3.8) is 0 Å². The molecule has 2 aromatic carbocycles. The number of carbonyl (C=O) groups is 3. The lowest BCUT2D eigenvalue weighted by Gasteiger charge is -2.37. The van der Waals surface area contributed by atoms with Gasteiger partial charge in [0.15, 0.2) is 0 Å². The average molecular weight is 430 g/mol. The minimum Gasteiger partial charge on any atom is -0.310 e. The van der Waals surface area contributed by atoms with Crippen LogP contribution < -0.4 is 9.80 Å². The van der Waals surface area contributed by atoms with Crippen molar-refractivity contribution in [2.24, 2.45) is 11.8 Å². The van der Waals surface area contributed by atoms with Crippen LogP contribution in [0.1, 0.15) is 36.5 Å². The Morgan fingerprint density at radius 1 is 1.00 bits per heavy atom. The second kappa shape index (κ2) is 6.51. The summed E-state index contributed by atoms with van der Waals surface area (Å²) in [7, 11) is 0. The average Bonchev–Trinajstić information content (AvgIpc) is 3.47. The van der Waals surface area contributed by atoms with Crippen molar-refractivity contribution in [3.05, 3.63) is 59.2 Å². The normalized spacial score (nSPS) is 31.1. The number of hydrogen-bond donors (Lipinski definition) is 0. The second-order valence-electron chi connectivity index (χ2n) is 9.54. The molecule has 2 aromatic rings. The van der Waals surface area contributed by atoms with E-state index in [4.69, 9.17) is 0 Å². The molecule has 0 saturated carbocycles. The van der Waals surface area contributed by atoms with Gasteiger partial charge < -0.3 is 4.90 Å². The van der Waals surface area contributed by atoms with Crippen LogP contribution in [0, 0.1) is 25.7 Å². The summed E-state index contributed by atoms with van der Waals surface area (Å²) in [6.45, 7) is 7.17. The molecule has 0 aliphatic carbocycles. The first-order chi connectivity index (χ1) is 15.4. The maximum Gasteiger partial charge on any atom is 0.253 e. The molecule has 32 heavy (non-hydrogen) atoms. The van der Waals surface area contributed by atoms with E-state index in [1.807, 2.05) is 63.2 Å². The van der Waals surface area contributed by atoms with Crippen molar-refractivity contribution in [1.29, 1.82) is 0 Å². The van der Waals surface area contributed by atoms with Crippen LogP contribution in [0.3, 0.4) is 0 Å². The van der Waals surface area contributed by atoms with E-state index in [1.165, 1.54) is 4.90 Å². The number of nitrogens with zero attached hydrogens (tertiary/aromatic N) is 3. The minimum atomic E-state index is -1.08. The summed E-state index contributed by atoms with van der Waals surface area (Å²) in [6.07, 6.45) is 1.77. The number of amides is 3. The summed E-state index contributed by atoms with van der Waals surface area (Å²) < 4.78 is 0. The zero-order valence-electron chi connectivity index (χ0n) is 18.7. The van der Waals surface area contributed by atoms with Crippen molar-refractivity contribution in [2.75, 3.05) is 22.9 Å². The smallest absolute Gasteiger partial charge is 0.253 e. The Hall–Kier alpha value is -2.99. The van der Waals surface area contributed by atoms with Gasteiger partial charge in [-0.1, -0.05) is 35.9 Å². The fourth-order valence-corrected chi connectivity index (χ4v) is 6.95. The Balaban J connectivity index is 1.57. The summed E-state index contributed by atoms with van der Waals surface area (Å²) in [5, 5.41) is 0. The molecule has 3 fully saturated rings. The summed E-state index contributed by atoms with van der Waals surface area (Å²) in [4.78, 5) is 47.4. The Morgan fingerprint density at radius 2 is 1.78 bits per heavy atom. The SMILES string of the molecule is CCN1C(=O)[C@]2(c3ccccc31)[C@@H]1C(=O)N(c3ccc(C)cc3C)C(=O)[C@@H]1[C@H]1CCCN12. The molecule has 4 atom stereocenters. The highest BCUT2D eigenvalue weighted by Crippen LogP contribution is 2.61. The van der Waals surface area contributed by atoms with Crippen LogP contribution in [0.15, 0.2) is 42.5 Å². The van der Waals surface area contributed by atoms with Gasteiger partial charge in [0.1, 0.15) is 5.54 Å². The van der Waals surface area contributed by atoms with Crippen molar-refractivity contribution in [1.82, 2.24) is 4.90 Å². The number of likely N-dealkylation sites (N-methyl/N-ethyl adjacent to an activating group) is 1. The lowest BCUT2D eigenvalue weighted by molar-refractivity contribution is -0.137. The maximum absolute atomic E-state index is 14.1. The van der Waals surface area contributed by atoms with Crippen molar-refractivity contribution >= 4 is 29.1 Å². The summed E-state index contributed by atoms with van der Waals surface area (Å²) in [5.41, 5.74) is 3.30. The summed E-state index contributed by atoms with van der Waals surface area (Å²) in [5.74, 6) is -1.61. The summed E-state index contributed by atoms with van der Waals surface area (Å²) >= 11 is 0. The first-order valence-corrected chi connectivity index (χ1v) is 11.6. The molecule has 6 nitrogen and oxygen atoms in total. The van der Waals surface area contributed by atoms with Gasteiger partial charge in [-0.3, -0.25) is 19.3 Å². The van der Waals surface area contributed by atoms with Gasteiger partial charge in [0.25, 0.3) is 5.91 Å². The van der Waals surface area contributed by atoms with Crippen LogP contribution in [0.2, 0.25) is 0 Å². The molecular weight excluding hydrogens is 402 g/mol. The van der Waals surface area contributed by atoms with E-state index in [9.17, 15) is 14.4 Å². The maximum atomic E-state index is 14.1. The quantitative estimate of drug-likeness (QED) is 0.688. The number of fused-ring (bicyclic) bond motifs is 7. The van der Waals surface area contributed by atoms with Gasteiger partial charge in [0.2, 0.25) is 11.8 Å². The third-order valence-electron chi connectivity index (χ3n) is 8.05. The number of para-hydroxylation sites is 1. The zero-order valence-corrected chi connectivity index (χ0v) is 18.7. The fraction of sp³-hybridized carbons (Fsp3) is 0.423. The van der Waals surface area contributed by atoms with E-state index in [1.54, 1.807) is 4.90 Å². The van der Waals surface area contributed by atoms with Crippen LogP contribution in [0.25, 0.3) is 0 Å². The molecule has 0 N–H and O–H groups in total. The topological polar surface area (TPSA) is 60.9 Å². The number of hydrogen-bond acceptors (Lipinski definition) is 4. The number of anilines is 2. The van der Waals surface area contributed by atoms with Gasteiger partial charge in [-0.25, -0.2) is 4.90 Å². The molecule has 1 spiro atoms. The van der Waals surface area contributed by atoms with Crippen LogP contribution in [-0.2, 0) is 19.9 Å². The summed E-state index contributed by atoms with van der Waals surface area (Å²) in [6, 6.07) is 13.5. The molecule has 0 aromatic heterocycles. The van der Waals surface area contributed by atoms with Crippen LogP contribution in [0.5, 0.6) is 0 Å². The molecule has 0 bridgehead atoms. The van der Waals surface area contributed by atoms with Gasteiger partial charge >= 0.3 is 0 Å². The zero-order chi connectivity index (χ0) is 22.4. The van der Waals surface area contributed by atoms with Gasteiger partial charge in [0, 0.05) is 23.8 Å². The predicted octanol–water partition coefficient (Wildman–Crippen LogP) is 3.15. The predicted molar refractivity (Wildman–Crippen MR) is 121 cm³/mol. The minimum absolute atomic E-state index is 0.0516. The molecule has 6 heteroatoms. The number of aryl methyl sites for hydroxylation is 2. The molecule has 4 aliphatic heterocycles. The van der Waals surface area contributed by atoms with Gasteiger partial charge in [0.05, 0.1) is 17.5 Å². The van der Waals surface area contributed by atoms with Gasteiger partial charge in [-0.15, -0.1) is 0 Å². The number of benzene rings is 2. The third-order valence-corrected chi connectivity index (χ3v) is 8.05. The molecule has 3 amide bonds. The van der Waals surface area contributed by atoms with Crippen molar-refractivity contribution < 1.29 is 14.4 Å². The molecule has 164 valence electrons. The molecule has 4 heterocycles. The molecular formula is C26H27N3O3. The first-order valence-electron chi connectivity index (χ1n) is 11.6.